The Morgan fingerprint density at radius 1 is 0.973 bits per heavy atom. The number of fused-ring (bicyclic) bond motifs is 1. The number of aromatic nitrogens is 2. The molecule has 188 valence electrons. The summed E-state index contributed by atoms with van der Waals surface area (Å²) < 4.78 is 16.0. The highest BCUT2D eigenvalue weighted by molar-refractivity contribution is 6.01. The zero-order chi connectivity index (χ0) is 25.9. The number of amides is 1. The molecule has 7 nitrogen and oxygen atoms in total. The van der Waals surface area contributed by atoms with Crippen LogP contribution in [0.3, 0.4) is 0 Å². The lowest BCUT2D eigenvalue weighted by Crippen LogP contribution is -2.16. The maximum Gasteiger partial charge on any atom is 0.307 e. The number of rotatable bonds is 8. The van der Waals surface area contributed by atoms with E-state index in [4.69, 9.17) is 9.15 Å². The third-order valence-corrected chi connectivity index (χ3v) is 6.59. The van der Waals surface area contributed by atoms with E-state index in [1.807, 2.05) is 36.4 Å². The molecule has 0 spiro atoms. The molecule has 0 fully saturated rings. The second-order valence-corrected chi connectivity index (χ2v) is 8.96. The number of furan rings is 1. The highest BCUT2D eigenvalue weighted by atomic mass is 16.5. The number of ether oxygens (including phenoxy) is 1. The van der Waals surface area contributed by atoms with Gasteiger partial charge in [-0.15, -0.1) is 0 Å². The number of hydrogen-bond donors (Lipinski definition) is 1. The molecule has 0 unspecified atom stereocenters. The van der Waals surface area contributed by atoms with E-state index in [0.717, 1.165) is 40.1 Å². The number of carbonyl (C=O) groups is 1. The quantitative estimate of drug-likeness (QED) is 0.203. The molecule has 2 aromatic carbocycles. The predicted molar refractivity (Wildman–Crippen MR) is 146 cm³/mol. The molecule has 5 aromatic rings. The van der Waals surface area contributed by atoms with Gasteiger partial charge in [0.25, 0.3) is 0 Å². The molecule has 0 bridgehead atoms. The highest BCUT2D eigenvalue weighted by Gasteiger charge is 2.13. The van der Waals surface area contributed by atoms with Crippen molar-refractivity contribution in [1.29, 1.82) is 0 Å². The minimum absolute atomic E-state index is 0.178. The van der Waals surface area contributed by atoms with Crippen LogP contribution in [-0.2, 0) is 13.2 Å². The lowest BCUT2D eigenvalue weighted by molar-refractivity contribution is 0.0923. The van der Waals surface area contributed by atoms with E-state index in [1.165, 1.54) is 11.4 Å². The van der Waals surface area contributed by atoms with Gasteiger partial charge >= 0.3 is 5.91 Å². The fourth-order valence-corrected chi connectivity index (χ4v) is 4.74. The molecule has 0 saturated carbocycles. The maximum atomic E-state index is 12.6. The zero-order valence-corrected chi connectivity index (χ0v) is 21.5. The molecular weight excluding hydrogens is 464 g/mol. The van der Waals surface area contributed by atoms with Crippen molar-refractivity contribution in [3.63, 3.8) is 0 Å². The number of aryl methyl sites for hydroxylation is 3. The summed E-state index contributed by atoms with van der Waals surface area (Å²) in [5, 5.41) is 5.29. The fourth-order valence-electron chi connectivity index (χ4n) is 4.74. The van der Waals surface area contributed by atoms with E-state index in [0.29, 0.717) is 5.76 Å². The third-order valence-electron chi connectivity index (χ3n) is 6.59. The van der Waals surface area contributed by atoms with E-state index in [-0.39, 0.29) is 12.4 Å². The average Bonchev–Trinajstić information content (AvgIpc) is 3.59. The molecule has 1 amide bonds. The third kappa shape index (κ3) is 4.80. The number of hydrogen-bond acceptors (Lipinski definition) is 4. The topological polar surface area (TPSA) is 73.7 Å². The second-order valence-electron chi connectivity index (χ2n) is 8.96. The molecule has 3 aromatic heterocycles. The first-order valence-electron chi connectivity index (χ1n) is 12.3. The van der Waals surface area contributed by atoms with Gasteiger partial charge in [0.2, 0.25) is 0 Å². The summed E-state index contributed by atoms with van der Waals surface area (Å²) in [6.45, 7) is 9.41. The van der Waals surface area contributed by atoms with Crippen molar-refractivity contribution in [2.24, 2.45) is 5.10 Å². The molecule has 0 atom stereocenters. The van der Waals surface area contributed by atoms with E-state index < -0.39 is 5.91 Å². The normalized spacial score (nSPS) is 11.5. The Bertz CT molecular complexity index is 1570. The van der Waals surface area contributed by atoms with Crippen LogP contribution < -0.4 is 10.2 Å². The van der Waals surface area contributed by atoms with Gasteiger partial charge in [-0.1, -0.05) is 18.2 Å². The molecule has 5 rings (SSSR count). The molecule has 0 saturated heterocycles. The number of benzene rings is 2. The van der Waals surface area contributed by atoms with Crippen LogP contribution in [0.15, 0.2) is 82.3 Å². The summed E-state index contributed by atoms with van der Waals surface area (Å²) in [5.74, 6) is 1.04. The van der Waals surface area contributed by atoms with Gasteiger partial charge in [-0.25, -0.2) is 5.43 Å². The Labute approximate surface area is 216 Å². The van der Waals surface area contributed by atoms with E-state index in [9.17, 15) is 4.79 Å². The van der Waals surface area contributed by atoms with Crippen molar-refractivity contribution in [3.05, 3.63) is 107 Å². The SMILES string of the molecule is CCn1c(C)c(C=NNC(=O)c2ccc(COc3ccc(-n4c(C)ccc4C)cc3)o2)c2ccccc21. The molecule has 3 heterocycles. The number of carbonyl (C=O) groups excluding carboxylic acids is 1. The lowest BCUT2D eigenvalue weighted by Gasteiger charge is -2.10. The monoisotopic (exact) mass is 494 g/mol. The summed E-state index contributed by atoms with van der Waals surface area (Å²) in [4.78, 5) is 12.6. The number of para-hydroxylation sites is 1. The van der Waals surface area contributed by atoms with Crippen LogP contribution in [-0.4, -0.2) is 21.3 Å². The van der Waals surface area contributed by atoms with Crippen molar-refractivity contribution in [2.45, 2.75) is 40.8 Å². The van der Waals surface area contributed by atoms with Crippen molar-refractivity contribution < 1.29 is 13.9 Å². The molecule has 0 aliphatic carbocycles. The largest absolute Gasteiger partial charge is 0.486 e. The molecule has 0 radical (unpaired) electrons. The van der Waals surface area contributed by atoms with Crippen LogP contribution in [0.2, 0.25) is 0 Å². The van der Waals surface area contributed by atoms with Crippen molar-refractivity contribution in [2.75, 3.05) is 0 Å². The predicted octanol–water partition coefficient (Wildman–Crippen LogP) is 6.31. The lowest BCUT2D eigenvalue weighted by atomic mass is 10.1. The summed E-state index contributed by atoms with van der Waals surface area (Å²) in [6.07, 6.45) is 1.69. The number of nitrogens with one attached hydrogen (secondary N) is 1. The van der Waals surface area contributed by atoms with Crippen LogP contribution >= 0.6 is 0 Å². The van der Waals surface area contributed by atoms with Gasteiger partial charge in [0.05, 0.1) is 6.21 Å². The first-order valence-corrected chi connectivity index (χ1v) is 12.3. The standard InChI is InChI=1S/C30H30N4O3/c1-5-33-22(4)27(26-8-6-7-9-28(26)33)18-31-32-30(35)29-17-16-25(37-29)19-36-24-14-12-23(13-15-24)34-20(2)10-11-21(34)3/h6-18H,5,19H2,1-4H3,(H,32,35). The molecule has 1 N–H and O–H groups in total. The van der Waals surface area contributed by atoms with E-state index >= 15 is 0 Å². The Hall–Kier alpha value is -4.52. The van der Waals surface area contributed by atoms with Gasteiger partial charge in [-0.05, 0) is 82.3 Å². The van der Waals surface area contributed by atoms with Crippen molar-refractivity contribution >= 4 is 23.0 Å². The van der Waals surface area contributed by atoms with Gasteiger partial charge in [0.15, 0.2) is 5.76 Å². The Morgan fingerprint density at radius 3 is 2.43 bits per heavy atom. The van der Waals surface area contributed by atoms with Gasteiger partial charge in [-0.3, -0.25) is 4.79 Å². The van der Waals surface area contributed by atoms with Crippen molar-refractivity contribution in [1.82, 2.24) is 14.6 Å². The van der Waals surface area contributed by atoms with Crippen LogP contribution in [0.1, 0.15) is 45.9 Å². The Morgan fingerprint density at radius 2 is 1.70 bits per heavy atom. The van der Waals surface area contributed by atoms with Gasteiger partial charge in [0, 0.05) is 45.8 Å². The summed E-state index contributed by atoms with van der Waals surface area (Å²) >= 11 is 0. The summed E-state index contributed by atoms with van der Waals surface area (Å²) in [7, 11) is 0. The second kappa shape index (κ2) is 10.2. The maximum absolute atomic E-state index is 12.6. The van der Waals surface area contributed by atoms with Crippen LogP contribution in [0.5, 0.6) is 5.75 Å². The smallest absolute Gasteiger partial charge is 0.307 e. The van der Waals surface area contributed by atoms with E-state index in [2.05, 4.69) is 71.6 Å². The van der Waals surface area contributed by atoms with Crippen LogP contribution in [0.4, 0.5) is 0 Å². The molecular formula is C30H30N4O3. The Balaban J connectivity index is 1.20. The molecule has 7 heteroatoms. The average molecular weight is 495 g/mol. The van der Waals surface area contributed by atoms with E-state index in [1.54, 1.807) is 18.3 Å². The minimum atomic E-state index is -0.416. The first-order chi connectivity index (χ1) is 18.0. The first kappa shape index (κ1) is 24.2. The molecule has 0 aliphatic rings. The Kier molecular flexibility index (Phi) is 6.68. The summed E-state index contributed by atoms with van der Waals surface area (Å²) in [5.41, 5.74) is 9.25. The zero-order valence-electron chi connectivity index (χ0n) is 21.5. The number of nitrogens with zero attached hydrogens (tertiary/aromatic N) is 3. The molecule has 0 aliphatic heterocycles. The number of hydrazone groups is 1. The molecule has 37 heavy (non-hydrogen) atoms. The summed E-state index contributed by atoms with van der Waals surface area (Å²) in [6, 6.07) is 23.6. The minimum Gasteiger partial charge on any atom is -0.486 e. The van der Waals surface area contributed by atoms with Crippen LogP contribution in [0, 0.1) is 20.8 Å². The van der Waals surface area contributed by atoms with Gasteiger partial charge < -0.3 is 18.3 Å². The highest BCUT2D eigenvalue weighted by Crippen LogP contribution is 2.24. The van der Waals surface area contributed by atoms with Crippen molar-refractivity contribution in [3.8, 4) is 11.4 Å². The van der Waals surface area contributed by atoms with Gasteiger partial charge in [-0.2, -0.15) is 5.10 Å². The van der Waals surface area contributed by atoms with Crippen LogP contribution in [0.25, 0.3) is 16.6 Å². The fraction of sp³-hybridized carbons (Fsp3) is 0.200. The van der Waals surface area contributed by atoms with Gasteiger partial charge in [0.1, 0.15) is 18.1 Å².